The minimum absolute atomic E-state index is 0.205. The highest BCUT2D eigenvalue weighted by Gasteiger charge is 2.24. The average molecular weight is 276 g/mol. The summed E-state index contributed by atoms with van der Waals surface area (Å²) in [5.41, 5.74) is 5.66. The third-order valence-electron chi connectivity index (χ3n) is 2.73. The molecular formula is C13H12N2O5. The highest BCUT2D eigenvalue weighted by molar-refractivity contribution is 6.07. The number of carboxylic acids is 1. The maximum Gasteiger partial charge on any atom is 0.326 e. The number of carbonyl (C=O) groups excluding carboxylic acids is 2. The molecule has 0 saturated carbocycles. The number of hydrogen-bond donors (Lipinski definition) is 3. The second-order valence-electron chi connectivity index (χ2n) is 4.18. The molecule has 0 saturated heterocycles. The molecule has 0 fully saturated rings. The fourth-order valence-electron chi connectivity index (χ4n) is 1.79. The Morgan fingerprint density at radius 2 is 2.00 bits per heavy atom. The Morgan fingerprint density at radius 3 is 2.65 bits per heavy atom. The predicted molar refractivity (Wildman–Crippen MR) is 68.9 cm³/mol. The van der Waals surface area contributed by atoms with Crippen molar-refractivity contribution in [1.29, 1.82) is 0 Å². The van der Waals surface area contributed by atoms with Gasteiger partial charge in [-0.3, -0.25) is 9.59 Å². The molecule has 0 radical (unpaired) electrons. The van der Waals surface area contributed by atoms with Gasteiger partial charge in [-0.25, -0.2) is 4.79 Å². The number of benzene rings is 1. The maximum absolute atomic E-state index is 12.0. The van der Waals surface area contributed by atoms with E-state index in [0.717, 1.165) is 0 Å². The Hall–Kier alpha value is -2.83. The van der Waals surface area contributed by atoms with Crippen LogP contribution in [-0.2, 0) is 9.59 Å². The number of nitrogens with two attached hydrogens (primary N) is 1. The topological polar surface area (TPSA) is 123 Å². The number of carbonyl (C=O) groups is 3. The first-order valence-corrected chi connectivity index (χ1v) is 5.77. The monoisotopic (exact) mass is 276 g/mol. The minimum atomic E-state index is -1.37. The molecule has 0 unspecified atom stereocenters. The van der Waals surface area contributed by atoms with Crippen LogP contribution in [0.3, 0.4) is 0 Å². The molecule has 104 valence electrons. The molecule has 0 aliphatic carbocycles. The number of primary amides is 1. The number of hydrogen-bond acceptors (Lipinski definition) is 4. The van der Waals surface area contributed by atoms with E-state index in [1.165, 1.54) is 6.26 Å². The van der Waals surface area contributed by atoms with Crippen LogP contribution in [0.5, 0.6) is 0 Å². The molecule has 2 rings (SSSR count). The van der Waals surface area contributed by atoms with Crippen molar-refractivity contribution in [2.75, 3.05) is 0 Å². The van der Waals surface area contributed by atoms with E-state index < -0.39 is 30.2 Å². The summed E-state index contributed by atoms with van der Waals surface area (Å²) in [6.07, 6.45) is 0.764. The number of para-hydroxylation sites is 1. The molecule has 7 nitrogen and oxygen atoms in total. The number of carboxylic acid groups (broad SMARTS) is 1. The molecule has 1 heterocycles. The number of amides is 2. The summed E-state index contributed by atoms with van der Waals surface area (Å²) in [5, 5.41) is 11.7. The lowest BCUT2D eigenvalue weighted by atomic mass is 10.1. The molecule has 2 amide bonds. The Morgan fingerprint density at radius 1 is 1.30 bits per heavy atom. The van der Waals surface area contributed by atoms with Crippen molar-refractivity contribution in [2.45, 2.75) is 12.5 Å². The largest absolute Gasteiger partial charge is 0.480 e. The lowest BCUT2D eigenvalue weighted by Gasteiger charge is -2.11. The van der Waals surface area contributed by atoms with Crippen molar-refractivity contribution in [1.82, 2.24) is 5.32 Å². The van der Waals surface area contributed by atoms with Gasteiger partial charge < -0.3 is 20.6 Å². The summed E-state index contributed by atoms with van der Waals surface area (Å²) < 4.78 is 5.19. The van der Waals surface area contributed by atoms with E-state index in [9.17, 15) is 14.4 Å². The van der Waals surface area contributed by atoms with Crippen LogP contribution in [0.25, 0.3) is 11.0 Å². The second-order valence-corrected chi connectivity index (χ2v) is 4.18. The summed E-state index contributed by atoms with van der Waals surface area (Å²) in [4.78, 5) is 33.8. The lowest BCUT2D eigenvalue weighted by molar-refractivity contribution is -0.140. The van der Waals surface area contributed by atoms with Crippen molar-refractivity contribution >= 4 is 28.8 Å². The van der Waals surface area contributed by atoms with E-state index in [2.05, 4.69) is 5.32 Å². The number of rotatable bonds is 5. The van der Waals surface area contributed by atoms with E-state index >= 15 is 0 Å². The number of aliphatic carboxylic acids is 1. The SMILES string of the molecule is NC(=O)C[C@H](NC(=O)c1coc2ccccc12)C(=O)O. The maximum atomic E-state index is 12.0. The molecule has 1 aromatic carbocycles. The summed E-state index contributed by atoms with van der Waals surface area (Å²) in [6, 6.07) is 5.48. The van der Waals surface area contributed by atoms with E-state index in [4.69, 9.17) is 15.3 Å². The van der Waals surface area contributed by atoms with E-state index in [1.807, 2.05) is 0 Å². The van der Waals surface area contributed by atoms with Gasteiger partial charge in [0.25, 0.3) is 5.91 Å². The zero-order chi connectivity index (χ0) is 14.7. The molecule has 0 spiro atoms. The van der Waals surface area contributed by atoms with Gasteiger partial charge >= 0.3 is 5.97 Å². The van der Waals surface area contributed by atoms with Gasteiger partial charge in [0, 0.05) is 5.39 Å². The molecule has 1 aromatic heterocycles. The quantitative estimate of drug-likeness (QED) is 0.733. The highest BCUT2D eigenvalue weighted by atomic mass is 16.4. The Labute approximate surface area is 113 Å². The molecule has 0 aliphatic heterocycles. The molecular weight excluding hydrogens is 264 g/mol. The average Bonchev–Trinajstić information content (AvgIpc) is 2.81. The molecule has 0 bridgehead atoms. The van der Waals surface area contributed by atoms with Gasteiger partial charge in [0.2, 0.25) is 5.91 Å². The van der Waals surface area contributed by atoms with Crippen LogP contribution in [0.1, 0.15) is 16.8 Å². The minimum Gasteiger partial charge on any atom is -0.480 e. The van der Waals surface area contributed by atoms with Gasteiger partial charge in [-0.05, 0) is 6.07 Å². The lowest BCUT2D eigenvalue weighted by Crippen LogP contribution is -2.43. The Balaban J connectivity index is 2.22. The molecule has 1 atom stereocenters. The standard InChI is InChI=1S/C13H12N2O5/c14-11(16)5-9(13(18)19)15-12(17)8-6-20-10-4-2-1-3-7(8)10/h1-4,6,9H,5H2,(H2,14,16)(H,15,17)(H,18,19)/t9-/m0/s1. The summed E-state index contributed by atoms with van der Waals surface area (Å²) in [6.45, 7) is 0. The van der Waals surface area contributed by atoms with Gasteiger partial charge in [-0.2, -0.15) is 0 Å². The first-order chi connectivity index (χ1) is 9.49. The normalized spacial score (nSPS) is 12.0. The predicted octanol–water partition coefficient (Wildman–Crippen LogP) is 0.491. The zero-order valence-electron chi connectivity index (χ0n) is 10.3. The van der Waals surface area contributed by atoms with Crippen molar-refractivity contribution in [2.24, 2.45) is 5.73 Å². The molecule has 7 heteroatoms. The van der Waals surface area contributed by atoms with Crippen molar-refractivity contribution in [3.63, 3.8) is 0 Å². The first-order valence-electron chi connectivity index (χ1n) is 5.77. The number of fused-ring (bicyclic) bond motifs is 1. The number of nitrogens with one attached hydrogen (secondary N) is 1. The van der Waals surface area contributed by atoms with Gasteiger partial charge in [0.1, 0.15) is 17.9 Å². The Kier molecular flexibility index (Phi) is 3.69. The van der Waals surface area contributed by atoms with Gasteiger partial charge in [0.05, 0.1) is 12.0 Å². The van der Waals surface area contributed by atoms with Gasteiger partial charge in [0.15, 0.2) is 0 Å². The van der Waals surface area contributed by atoms with Gasteiger partial charge in [-0.1, -0.05) is 18.2 Å². The van der Waals surface area contributed by atoms with Crippen LogP contribution < -0.4 is 11.1 Å². The van der Waals surface area contributed by atoms with Crippen molar-refractivity contribution in [3.05, 3.63) is 36.1 Å². The second kappa shape index (κ2) is 5.43. The van der Waals surface area contributed by atoms with Gasteiger partial charge in [-0.15, -0.1) is 0 Å². The van der Waals surface area contributed by atoms with Crippen molar-refractivity contribution < 1.29 is 23.9 Å². The molecule has 2 aromatic rings. The van der Waals surface area contributed by atoms with Crippen LogP contribution in [-0.4, -0.2) is 28.9 Å². The molecule has 4 N–H and O–H groups in total. The Bertz CT molecular complexity index is 676. The molecule has 20 heavy (non-hydrogen) atoms. The van der Waals surface area contributed by atoms with Crippen molar-refractivity contribution in [3.8, 4) is 0 Å². The van der Waals surface area contributed by atoms with Crippen LogP contribution in [0.15, 0.2) is 34.9 Å². The van der Waals surface area contributed by atoms with Crippen LogP contribution in [0, 0.1) is 0 Å². The molecule has 0 aliphatic rings. The summed E-state index contributed by atoms with van der Waals surface area (Å²) in [7, 11) is 0. The third kappa shape index (κ3) is 2.77. The van der Waals surface area contributed by atoms with E-state index in [-0.39, 0.29) is 5.56 Å². The zero-order valence-corrected chi connectivity index (χ0v) is 10.3. The first kappa shape index (κ1) is 13.6. The van der Waals surface area contributed by atoms with E-state index in [0.29, 0.717) is 11.0 Å². The number of furan rings is 1. The smallest absolute Gasteiger partial charge is 0.326 e. The van der Waals surface area contributed by atoms with Crippen LogP contribution in [0.2, 0.25) is 0 Å². The van der Waals surface area contributed by atoms with Crippen LogP contribution >= 0.6 is 0 Å². The van der Waals surface area contributed by atoms with Crippen LogP contribution in [0.4, 0.5) is 0 Å². The fourth-order valence-corrected chi connectivity index (χ4v) is 1.79. The van der Waals surface area contributed by atoms with E-state index in [1.54, 1.807) is 24.3 Å². The summed E-state index contributed by atoms with van der Waals surface area (Å²) >= 11 is 0. The summed E-state index contributed by atoms with van der Waals surface area (Å²) in [5.74, 6) is -2.77. The third-order valence-corrected chi connectivity index (χ3v) is 2.73. The highest BCUT2D eigenvalue weighted by Crippen LogP contribution is 2.20. The fraction of sp³-hybridized carbons (Fsp3) is 0.154.